The number of nitrogens with one attached hydrogen (secondary N) is 1. The smallest absolute Gasteiger partial charge is 0.417 e. The van der Waals surface area contributed by atoms with E-state index in [0.29, 0.717) is 23.3 Å². The zero-order valence-electron chi connectivity index (χ0n) is 13.2. The molecule has 2 amide bonds. The third kappa shape index (κ3) is 3.67. The van der Waals surface area contributed by atoms with Gasteiger partial charge in [-0.25, -0.2) is 14.4 Å². The number of benzene rings is 1. The number of ether oxygens (including phenoxy) is 1. The van der Waals surface area contributed by atoms with E-state index < -0.39 is 24.0 Å². The summed E-state index contributed by atoms with van der Waals surface area (Å²) in [6.07, 6.45) is -1.81. The van der Waals surface area contributed by atoms with Gasteiger partial charge in [0, 0.05) is 32.1 Å². The van der Waals surface area contributed by atoms with Crippen LogP contribution in [0.2, 0.25) is 0 Å². The van der Waals surface area contributed by atoms with E-state index in [0.717, 1.165) is 0 Å². The van der Waals surface area contributed by atoms with Crippen LogP contribution in [-0.2, 0) is 0 Å². The van der Waals surface area contributed by atoms with Crippen LogP contribution < -0.4 is 10.5 Å². The van der Waals surface area contributed by atoms with Crippen molar-refractivity contribution in [3.63, 3.8) is 0 Å². The minimum atomic E-state index is -1.08. The Bertz CT molecular complexity index is 843. The lowest BCUT2D eigenvalue weighted by molar-refractivity contribution is 0.0562. The number of carboxylic acid groups (broad SMARTS) is 2. The van der Waals surface area contributed by atoms with Gasteiger partial charge in [-0.3, -0.25) is 4.98 Å². The normalized spacial score (nSPS) is 17.7. The average Bonchev–Trinajstić information content (AvgIpc) is 2.93. The van der Waals surface area contributed by atoms with Crippen LogP contribution in [0.4, 0.5) is 9.59 Å². The van der Waals surface area contributed by atoms with E-state index in [1.54, 1.807) is 18.2 Å². The molecule has 10 nitrogen and oxygen atoms in total. The highest BCUT2D eigenvalue weighted by Gasteiger charge is 2.32. The van der Waals surface area contributed by atoms with Crippen molar-refractivity contribution in [1.29, 1.82) is 0 Å². The molecule has 2 heterocycles. The van der Waals surface area contributed by atoms with E-state index in [4.69, 9.17) is 14.3 Å². The van der Waals surface area contributed by atoms with Crippen molar-refractivity contribution in [2.24, 2.45) is 0 Å². The highest BCUT2D eigenvalue weighted by atomic mass is 16.5. The summed E-state index contributed by atoms with van der Waals surface area (Å²) < 4.78 is 10.5. The maximum Gasteiger partial charge on any atom is 0.417 e. The van der Waals surface area contributed by atoms with Gasteiger partial charge in [0.05, 0.1) is 18.2 Å². The van der Waals surface area contributed by atoms with E-state index in [-0.39, 0.29) is 26.2 Å². The lowest BCUT2D eigenvalue weighted by atomic mass is 10.1. The SMILES string of the molecule is O=C(O)N1CCN(C(=O)O)[C@H](CCOc2ccc3[nH]c(=O)oc3c2)C1. The minimum Gasteiger partial charge on any atom is -0.493 e. The van der Waals surface area contributed by atoms with Crippen LogP contribution in [0.15, 0.2) is 27.4 Å². The first-order chi connectivity index (χ1) is 11.9. The fourth-order valence-corrected chi connectivity index (χ4v) is 2.86. The molecular formula is C15H17N3O7. The number of H-pyrrole nitrogens is 1. The predicted molar refractivity (Wildman–Crippen MR) is 85.1 cm³/mol. The summed E-state index contributed by atoms with van der Waals surface area (Å²) in [5, 5.41) is 18.3. The van der Waals surface area contributed by atoms with Gasteiger partial charge in [0.25, 0.3) is 0 Å². The molecule has 1 saturated heterocycles. The molecule has 0 radical (unpaired) electrons. The Kier molecular flexibility index (Phi) is 4.50. The number of carbonyl (C=O) groups is 2. The molecule has 1 atom stereocenters. The summed E-state index contributed by atoms with van der Waals surface area (Å²) in [4.78, 5) is 38.5. The van der Waals surface area contributed by atoms with Gasteiger partial charge in [0.2, 0.25) is 0 Å². The Morgan fingerprint density at radius 1 is 1.28 bits per heavy atom. The first kappa shape index (κ1) is 16.7. The van der Waals surface area contributed by atoms with Crippen LogP contribution in [0.1, 0.15) is 6.42 Å². The number of rotatable bonds is 4. The molecule has 2 aromatic rings. The number of fused-ring (bicyclic) bond motifs is 1. The number of hydrogen-bond donors (Lipinski definition) is 3. The predicted octanol–water partition coefficient (Wildman–Crippen LogP) is 1.23. The number of hydrogen-bond acceptors (Lipinski definition) is 5. The van der Waals surface area contributed by atoms with Gasteiger partial charge in [-0.15, -0.1) is 0 Å². The lowest BCUT2D eigenvalue weighted by Crippen LogP contribution is -2.56. The van der Waals surface area contributed by atoms with Gasteiger partial charge in [-0.1, -0.05) is 0 Å². The molecule has 1 aliphatic heterocycles. The number of nitrogens with zero attached hydrogens (tertiary/aromatic N) is 2. The number of oxazole rings is 1. The Morgan fingerprint density at radius 2 is 2.08 bits per heavy atom. The largest absolute Gasteiger partial charge is 0.493 e. The number of aromatic amines is 1. The van der Waals surface area contributed by atoms with Crippen LogP contribution in [0.5, 0.6) is 5.75 Å². The molecule has 1 aromatic heterocycles. The summed E-state index contributed by atoms with van der Waals surface area (Å²) in [6, 6.07) is 4.39. The fraction of sp³-hybridized carbons (Fsp3) is 0.400. The molecule has 0 aliphatic carbocycles. The van der Waals surface area contributed by atoms with Gasteiger partial charge in [-0.05, 0) is 12.1 Å². The zero-order valence-corrected chi connectivity index (χ0v) is 13.2. The first-order valence-corrected chi connectivity index (χ1v) is 7.67. The van der Waals surface area contributed by atoms with Crippen LogP contribution in [0, 0.1) is 0 Å². The third-order valence-electron chi connectivity index (χ3n) is 4.11. The number of piperazine rings is 1. The van der Waals surface area contributed by atoms with Crippen molar-refractivity contribution in [3.8, 4) is 5.75 Å². The van der Waals surface area contributed by atoms with Crippen molar-refractivity contribution in [3.05, 3.63) is 28.7 Å². The molecule has 1 aromatic carbocycles. The molecule has 0 saturated carbocycles. The molecule has 1 aliphatic rings. The molecule has 0 bridgehead atoms. The monoisotopic (exact) mass is 351 g/mol. The van der Waals surface area contributed by atoms with Crippen LogP contribution in [0.3, 0.4) is 0 Å². The summed E-state index contributed by atoms with van der Waals surface area (Å²) >= 11 is 0. The zero-order chi connectivity index (χ0) is 18.0. The highest BCUT2D eigenvalue weighted by Crippen LogP contribution is 2.19. The van der Waals surface area contributed by atoms with Crippen molar-refractivity contribution in [2.75, 3.05) is 26.2 Å². The third-order valence-corrected chi connectivity index (χ3v) is 4.11. The highest BCUT2D eigenvalue weighted by molar-refractivity contribution is 5.73. The molecule has 1 fully saturated rings. The maximum absolute atomic E-state index is 11.3. The molecule has 3 rings (SSSR count). The van der Waals surface area contributed by atoms with Crippen molar-refractivity contribution < 1.29 is 29.0 Å². The van der Waals surface area contributed by atoms with E-state index in [1.165, 1.54) is 9.80 Å². The second kappa shape index (κ2) is 6.75. The van der Waals surface area contributed by atoms with Crippen LogP contribution >= 0.6 is 0 Å². The molecule has 3 N–H and O–H groups in total. The molecule has 10 heteroatoms. The maximum atomic E-state index is 11.3. The van der Waals surface area contributed by atoms with Crippen LogP contribution in [-0.4, -0.2) is 69.5 Å². The second-order valence-electron chi connectivity index (χ2n) is 5.67. The van der Waals surface area contributed by atoms with Gasteiger partial charge < -0.3 is 29.2 Å². The second-order valence-corrected chi connectivity index (χ2v) is 5.67. The van der Waals surface area contributed by atoms with Crippen molar-refractivity contribution in [2.45, 2.75) is 12.5 Å². The Balaban J connectivity index is 1.62. The molecule has 25 heavy (non-hydrogen) atoms. The number of amides is 2. The van der Waals surface area contributed by atoms with Gasteiger partial charge in [0.15, 0.2) is 5.58 Å². The summed E-state index contributed by atoms with van der Waals surface area (Å²) in [7, 11) is 0. The quantitative estimate of drug-likeness (QED) is 0.753. The standard InChI is InChI=1S/C15H17N3O7/c19-13-16-11-2-1-10(7-12(11)25-13)24-6-3-9-8-17(14(20)21)4-5-18(9)15(22)23/h1-2,7,9H,3-6,8H2,(H,16,19)(H,20,21)(H,22,23)/t9-/m1/s1. The van der Waals surface area contributed by atoms with E-state index in [1.807, 2.05) is 0 Å². The summed E-state index contributed by atoms with van der Waals surface area (Å²) in [5.41, 5.74) is 0.920. The summed E-state index contributed by atoms with van der Waals surface area (Å²) in [5.74, 6) is -0.0803. The molecular weight excluding hydrogens is 334 g/mol. The van der Waals surface area contributed by atoms with Gasteiger partial charge in [-0.2, -0.15) is 0 Å². The van der Waals surface area contributed by atoms with E-state index in [9.17, 15) is 19.5 Å². The van der Waals surface area contributed by atoms with E-state index >= 15 is 0 Å². The summed E-state index contributed by atoms with van der Waals surface area (Å²) in [6.45, 7) is 0.591. The average molecular weight is 351 g/mol. The topological polar surface area (TPSA) is 136 Å². The Hall–Kier alpha value is -3.17. The van der Waals surface area contributed by atoms with Crippen LogP contribution in [0.25, 0.3) is 11.1 Å². The van der Waals surface area contributed by atoms with Gasteiger partial charge in [0.1, 0.15) is 5.75 Å². The minimum absolute atomic E-state index is 0.108. The molecule has 134 valence electrons. The van der Waals surface area contributed by atoms with Crippen molar-refractivity contribution in [1.82, 2.24) is 14.8 Å². The lowest BCUT2D eigenvalue weighted by Gasteiger charge is -2.38. The van der Waals surface area contributed by atoms with Crippen molar-refractivity contribution >= 4 is 23.3 Å². The van der Waals surface area contributed by atoms with Gasteiger partial charge >= 0.3 is 17.9 Å². The molecule has 0 spiro atoms. The Morgan fingerprint density at radius 3 is 2.80 bits per heavy atom. The first-order valence-electron chi connectivity index (χ1n) is 7.67. The Labute approximate surface area is 141 Å². The number of aromatic nitrogens is 1. The molecule has 0 unspecified atom stereocenters. The fourth-order valence-electron chi connectivity index (χ4n) is 2.86. The van der Waals surface area contributed by atoms with E-state index in [2.05, 4.69) is 4.98 Å².